The molecule has 0 spiro atoms. The van der Waals surface area contributed by atoms with Gasteiger partial charge in [-0.15, -0.1) is 0 Å². The standard InChI is InChI=1S/C22H22F3N3O2/c1-3-14(11-21(29)30)15-4-9-19(16-12-26-28(2)13-16)20(10-15)27-18-7-5-17(6-8-18)22(23,24)25/h4-10,12-14,27H,3,11H2,1-2H3,(H,29,30)/t14-/m1/s1. The summed E-state index contributed by atoms with van der Waals surface area (Å²) in [7, 11) is 1.79. The van der Waals surface area contributed by atoms with Crippen molar-refractivity contribution >= 4 is 17.3 Å². The van der Waals surface area contributed by atoms with Crippen LogP contribution in [0.25, 0.3) is 11.1 Å². The molecule has 0 saturated heterocycles. The molecular formula is C22H22F3N3O2. The average Bonchev–Trinajstić information content (AvgIpc) is 3.11. The van der Waals surface area contributed by atoms with Crippen molar-refractivity contribution in [3.05, 3.63) is 66.0 Å². The minimum Gasteiger partial charge on any atom is -0.481 e. The van der Waals surface area contributed by atoms with Crippen LogP contribution < -0.4 is 5.32 Å². The Morgan fingerprint density at radius 2 is 1.90 bits per heavy atom. The number of carbonyl (C=O) groups is 1. The molecule has 1 heterocycles. The molecule has 0 bridgehead atoms. The van der Waals surface area contributed by atoms with Crippen LogP contribution in [0.4, 0.5) is 24.5 Å². The number of hydrogen-bond donors (Lipinski definition) is 2. The summed E-state index contributed by atoms with van der Waals surface area (Å²) in [6.07, 6.45) is -0.214. The van der Waals surface area contributed by atoms with E-state index in [0.717, 1.165) is 28.8 Å². The molecule has 0 aliphatic rings. The Bertz CT molecular complexity index is 1030. The first-order valence-corrected chi connectivity index (χ1v) is 9.46. The van der Waals surface area contributed by atoms with Crippen LogP contribution in [0.3, 0.4) is 0 Å². The quantitative estimate of drug-likeness (QED) is 0.509. The Labute approximate surface area is 172 Å². The minimum absolute atomic E-state index is 0.00244. The van der Waals surface area contributed by atoms with Crippen LogP contribution >= 0.6 is 0 Å². The van der Waals surface area contributed by atoms with Crippen LogP contribution in [0.2, 0.25) is 0 Å². The van der Waals surface area contributed by atoms with Gasteiger partial charge in [-0.05, 0) is 48.2 Å². The normalized spacial score (nSPS) is 12.6. The molecule has 0 fully saturated rings. The third kappa shape index (κ3) is 5.00. The number of halogens is 3. The van der Waals surface area contributed by atoms with Gasteiger partial charge in [-0.1, -0.05) is 19.1 Å². The summed E-state index contributed by atoms with van der Waals surface area (Å²) in [4.78, 5) is 11.2. The van der Waals surface area contributed by atoms with E-state index in [1.54, 1.807) is 17.9 Å². The number of benzene rings is 2. The SMILES string of the molecule is CC[C@H](CC(=O)O)c1ccc(-c2cnn(C)c2)c(Nc2ccc(C(F)(F)F)cc2)c1. The average molecular weight is 417 g/mol. The largest absolute Gasteiger partial charge is 0.481 e. The van der Waals surface area contributed by atoms with Crippen LogP contribution in [-0.2, 0) is 18.0 Å². The second-order valence-electron chi connectivity index (χ2n) is 7.11. The van der Waals surface area contributed by atoms with Crippen molar-refractivity contribution in [3.63, 3.8) is 0 Å². The van der Waals surface area contributed by atoms with Gasteiger partial charge < -0.3 is 10.4 Å². The molecule has 0 aliphatic carbocycles. The smallest absolute Gasteiger partial charge is 0.416 e. The maximum absolute atomic E-state index is 12.8. The Kier molecular flexibility index (Phi) is 6.14. The van der Waals surface area contributed by atoms with E-state index in [-0.39, 0.29) is 12.3 Å². The predicted molar refractivity (Wildman–Crippen MR) is 109 cm³/mol. The van der Waals surface area contributed by atoms with Crippen molar-refractivity contribution in [2.45, 2.75) is 31.9 Å². The van der Waals surface area contributed by atoms with Gasteiger partial charge in [0.25, 0.3) is 0 Å². The van der Waals surface area contributed by atoms with Crippen molar-refractivity contribution in [3.8, 4) is 11.1 Å². The lowest BCUT2D eigenvalue weighted by Crippen LogP contribution is -2.06. The number of nitrogens with one attached hydrogen (secondary N) is 1. The first-order chi connectivity index (χ1) is 14.2. The number of alkyl halides is 3. The van der Waals surface area contributed by atoms with Crippen LogP contribution in [-0.4, -0.2) is 20.9 Å². The van der Waals surface area contributed by atoms with Gasteiger partial charge in [-0.2, -0.15) is 18.3 Å². The van der Waals surface area contributed by atoms with E-state index in [2.05, 4.69) is 10.4 Å². The highest BCUT2D eigenvalue weighted by Gasteiger charge is 2.30. The highest BCUT2D eigenvalue weighted by Crippen LogP contribution is 2.36. The van der Waals surface area contributed by atoms with Gasteiger partial charge in [0.15, 0.2) is 0 Å². The number of aliphatic carboxylic acids is 1. The first-order valence-electron chi connectivity index (χ1n) is 9.46. The maximum Gasteiger partial charge on any atom is 0.416 e. The molecule has 3 aromatic rings. The van der Waals surface area contributed by atoms with Gasteiger partial charge in [-0.25, -0.2) is 0 Å². The van der Waals surface area contributed by atoms with Gasteiger partial charge in [0.05, 0.1) is 18.2 Å². The lowest BCUT2D eigenvalue weighted by molar-refractivity contribution is -0.138. The number of nitrogens with zero attached hydrogens (tertiary/aromatic N) is 2. The van der Waals surface area contributed by atoms with E-state index in [1.165, 1.54) is 12.1 Å². The summed E-state index contributed by atoms with van der Waals surface area (Å²) in [5, 5.41) is 16.5. The molecule has 2 aromatic carbocycles. The van der Waals surface area contributed by atoms with Crippen molar-refractivity contribution in [2.24, 2.45) is 7.05 Å². The zero-order valence-corrected chi connectivity index (χ0v) is 16.6. The second kappa shape index (κ2) is 8.61. The van der Waals surface area contributed by atoms with Crippen LogP contribution in [0.15, 0.2) is 54.9 Å². The number of rotatable bonds is 7. The van der Waals surface area contributed by atoms with Crippen molar-refractivity contribution in [1.29, 1.82) is 0 Å². The molecule has 5 nitrogen and oxygen atoms in total. The topological polar surface area (TPSA) is 67.1 Å². The lowest BCUT2D eigenvalue weighted by Gasteiger charge is -2.18. The first kappa shape index (κ1) is 21.4. The highest BCUT2D eigenvalue weighted by atomic mass is 19.4. The minimum atomic E-state index is -4.40. The van der Waals surface area contributed by atoms with Gasteiger partial charge in [-0.3, -0.25) is 9.48 Å². The third-order valence-corrected chi connectivity index (χ3v) is 4.94. The lowest BCUT2D eigenvalue weighted by atomic mass is 9.91. The highest BCUT2D eigenvalue weighted by molar-refractivity contribution is 5.81. The van der Waals surface area contributed by atoms with E-state index in [0.29, 0.717) is 17.8 Å². The number of anilines is 2. The van der Waals surface area contributed by atoms with E-state index >= 15 is 0 Å². The predicted octanol–water partition coefficient (Wildman–Crippen LogP) is 5.82. The Morgan fingerprint density at radius 1 is 1.20 bits per heavy atom. The molecule has 8 heteroatoms. The fourth-order valence-electron chi connectivity index (χ4n) is 3.34. The van der Waals surface area contributed by atoms with Crippen molar-refractivity contribution in [2.75, 3.05) is 5.32 Å². The van der Waals surface area contributed by atoms with E-state index in [1.807, 2.05) is 31.3 Å². The summed E-state index contributed by atoms with van der Waals surface area (Å²) in [5.41, 5.74) is 2.95. The summed E-state index contributed by atoms with van der Waals surface area (Å²) in [6.45, 7) is 1.92. The van der Waals surface area contributed by atoms with E-state index in [9.17, 15) is 23.1 Å². The second-order valence-corrected chi connectivity index (χ2v) is 7.11. The van der Waals surface area contributed by atoms with Gasteiger partial charge in [0.1, 0.15) is 0 Å². The molecule has 30 heavy (non-hydrogen) atoms. The van der Waals surface area contributed by atoms with Gasteiger partial charge in [0, 0.05) is 35.7 Å². The molecule has 0 amide bonds. The summed E-state index contributed by atoms with van der Waals surface area (Å²) in [6, 6.07) is 10.4. The fraction of sp³-hybridized carbons (Fsp3) is 0.273. The molecule has 0 aliphatic heterocycles. The molecule has 3 rings (SSSR count). The Hall–Kier alpha value is -3.29. The molecule has 2 N–H and O–H groups in total. The van der Waals surface area contributed by atoms with Crippen molar-refractivity contribution in [1.82, 2.24) is 9.78 Å². The number of aromatic nitrogens is 2. The molecule has 0 saturated carbocycles. The van der Waals surface area contributed by atoms with Gasteiger partial charge in [0.2, 0.25) is 0 Å². The molecule has 158 valence electrons. The van der Waals surface area contributed by atoms with Crippen LogP contribution in [0.1, 0.15) is 36.8 Å². The maximum atomic E-state index is 12.8. The van der Waals surface area contributed by atoms with E-state index < -0.39 is 17.7 Å². The summed E-state index contributed by atoms with van der Waals surface area (Å²) >= 11 is 0. The summed E-state index contributed by atoms with van der Waals surface area (Å²) < 4.78 is 40.2. The van der Waals surface area contributed by atoms with Crippen molar-refractivity contribution < 1.29 is 23.1 Å². The molecule has 1 aromatic heterocycles. The number of carboxylic acid groups (broad SMARTS) is 1. The molecule has 0 radical (unpaired) electrons. The molecule has 1 atom stereocenters. The Morgan fingerprint density at radius 3 is 2.43 bits per heavy atom. The monoisotopic (exact) mass is 417 g/mol. The Balaban J connectivity index is 2.00. The summed E-state index contributed by atoms with van der Waals surface area (Å²) in [5.74, 6) is -1.05. The van der Waals surface area contributed by atoms with Crippen LogP contribution in [0.5, 0.6) is 0 Å². The molecular weight excluding hydrogens is 395 g/mol. The zero-order chi connectivity index (χ0) is 21.9. The number of aryl methyl sites for hydroxylation is 1. The number of carboxylic acids is 1. The third-order valence-electron chi connectivity index (χ3n) is 4.94. The zero-order valence-electron chi connectivity index (χ0n) is 16.6. The van der Waals surface area contributed by atoms with Crippen LogP contribution in [0, 0.1) is 0 Å². The number of hydrogen-bond acceptors (Lipinski definition) is 3. The van der Waals surface area contributed by atoms with E-state index in [4.69, 9.17) is 0 Å². The fourth-order valence-corrected chi connectivity index (χ4v) is 3.34. The molecule has 0 unspecified atom stereocenters. The van der Waals surface area contributed by atoms with Gasteiger partial charge >= 0.3 is 12.1 Å².